The Morgan fingerprint density at radius 1 is 0.957 bits per heavy atom. The van der Waals surface area contributed by atoms with Crippen molar-refractivity contribution in [1.82, 2.24) is 9.80 Å². The fourth-order valence-electron chi connectivity index (χ4n) is 3.69. The van der Waals surface area contributed by atoms with Gasteiger partial charge in [0.1, 0.15) is 0 Å². The van der Waals surface area contributed by atoms with Crippen molar-refractivity contribution >= 4 is 11.8 Å². The molecule has 0 bridgehead atoms. The molecule has 2 aliphatic heterocycles. The van der Waals surface area contributed by atoms with E-state index in [0.717, 1.165) is 6.42 Å². The zero-order valence-corrected chi connectivity index (χ0v) is 14.8. The number of aryl methyl sites for hydroxylation is 1. The number of hydrogen-bond acceptors (Lipinski definition) is 3. The first-order chi connectivity index (χ1) is 11.2. The van der Waals surface area contributed by atoms with Crippen LogP contribution < -0.4 is 0 Å². The topological polar surface area (TPSA) is 6.48 Å². The first kappa shape index (κ1) is 15.3. The van der Waals surface area contributed by atoms with Gasteiger partial charge in [-0.25, -0.2) is 0 Å². The van der Waals surface area contributed by atoms with Crippen LogP contribution in [0.2, 0.25) is 0 Å². The van der Waals surface area contributed by atoms with Gasteiger partial charge < -0.3 is 4.90 Å². The van der Waals surface area contributed by atoms with Gasteiger partial charge in [0, 0.05) is 42.0 Å². The van der Waals surface area contributed by atoms with Gasteiger partial charge in [-0.15, -0.1) is 0 Å². The van der Waals surface area contributed by atoms with Crippen LogP contribution in [0.15, 0.2) is 52.3 Å². The molecule has 1 fully saturated rings. The molecule has 3 heteroatoms. The summed E-state index contributed by atoms with van der Waals surface area (Å²) < 4.78 is 0. The van der Waals surface area contributed by atoms with Crippen LogP contribution in [0.3, 0.4) is 0 Å². The third-order valence-corrected chi connectivity index (χ3v) is 6.32. The van der Waals surface area contributed by atoms with Crippen LogP contribution in [0.1, 0.15) is 22.7 Å². The lowest BCUT2D eigenvalue weighted by molar-refractivity contribution is 0.110. The van der Waals surface area contributed by atoms with Gasteiger partial charge in [-0.2, -0.15) is 0 Å². The van der Waals surface area contributed by atoms with Crippen LogP contribution >= 0.6 is 11.8 Å². The van der Waals surface area contributed by atoms with Gasteiger partial charge in [-0.1, -0.05) is 47.7 Å². The molecule has 2 aromatic rings. The van der Waals surface area contributed by atoms with Gasteiger partial charge in [0.25, 0.3) is 0 Å². The number of likely N-dealkylation sites (N-methyl/N-ethyl adjacent to an activating group) is 1. The third kappa shape index (κ3) is 3.06. The summed E-state index contributed by atoms with van der Waals surface area (Å²) in [5, 5.41) is 0. The molecule has 1 unspecified atom stereocenters. The highest BCUT2D eigenvalue weighted by molar-refractivity contribution is 7.99. The molecular weight excluding hydrogens is 300 g/mol. The Labute approximate surface area is 143 Å². The van der Waals surface area contributed by atoms with Crippen LogP contribution in [0, 0.1) is 6.92 Å². The Balaban J connectivity index is 1.76. The fourth-order valence-corrected chi connectivity index (χ4v) is 4.80. The Morgan fingerprint density at radius 2 is 1.74 bits per heavy atom. The van der Waals surface area contributed by atoms with Gasteiger partial charge in [0.05, 0.1) is 0 Å². The van der Waals surface area contributed by atoms with E-state index in [9.17, 15) is 0 Å². The Kier molecular flexibility index (Phi) is 4.18. The van der Waals surface area contributed by atoms with Gasteiger partial charge in [-0.05, 0) is 43.7 Å². The number of benzene rings is 2. The first-order valence-corrected chi connectivity index (χ1v) is 9.31. The second kappa shape index (κ2) is 6.31. The molecule has 0 aromatic heterocycles. The predicted octanol–water partition coefficient (Wildman–Crippen LogP) is 3.99. The maximum absolute atomic E-state index is 2.70. The van der Waals surface area contributed by atoms with Crippen molar-refractivity contribution in [2.75, 3.05) is 33.2 Å². The lowest BCUT2D eigenvalue weighted by Gasteiger charge is -2.38. The van der Waals surface area contributed by atoms with Gasteiger partial charge >= 0.3 is 0 Å². The first-order valence-electron chi connectivity index (χ1n) is 8.49. The molecule has 2 heterocycles. The second-order valence-corrected chi connectivity index (χ2v) is 7.89. The molecule has 120 valence electrons. The van der Waals surface area contributed by atoms with Crippen LogP contribution in [-0.4, -0.2) is 43.0 Å². The molecule has 23 heavy (non-hydrogen) atoms. The molecule has 0 spiro atoms. The minimum absolute atomic E-state index is 0.509. The van der Waals surface area contributed by atoms with Gasteiger partial charge in [-0.3, -0.25) is 4.90 Å². The summed E-state index contributed by atoms with van der Waals surface area (Å²) in [5.74, 6) is 0. The standard InChI is InChI=1S/C20H24N2S/c1-15-7-8-20-17(13-15)18(22-11-9-21(2)10-12-22)14-16-5-3-4-6-19(16)23-20/h3-8,13,18H,9-12,14H2,1-2H3. The van der Waals surface area contributed by atoms with E-state index >= 15 is 0 Å². The number of piperazine rings is 1. The quantitative estimate of drug-likeness (QED) is 0.783. The summed E-state index contributed by atoms with van der Waals surface area (Å²) >= 11 is 1.94. The normalized spacial score (nSPS) is 22.3. The van der Waals surface area contributed by atoms with E-state index in [1.807, 2.05) is 11.8 Å². The molecule has 0 saturated carbocycles. The SMILES string of the molecule is Cc1ccc2c(c1)C(N1CCN(C)CC1)Cc1ccccc1S2. The lowest BCUT2D eigenvalue weighted by Crippen LogP contribution is -2.46. The largest absolute Gasteiger partial charge is 0.304 e. The molecule has 0 aliphatic carbocycles. The molecule has 2 aromatic carbocycles. The summed E-state index contributed by atoms with van der Waals surface area (Å²) in [6.45, 7) is 6.89. The van der Waals surface area contributed by atoms with E-state index < -0.39 is 0 Å². The highest BCUT2D eigenvalue weighted by atomic mass is 32.2. The Morgan fingerprint density at radius 3 is 2.57 bits per heavy atom. The van der Waals surface area contributed by atoms with E-state index in [2.05, 4.69) is 66.2 Å². The molecule has 1 saturated heterocycles. The minimum Gasteiger partial charge on any atom is -0.304 e. The van der Waals surface area contributed by atoms with E-state index in [1.54, 1.807) is 0 Å². The number of hydrogen-bond donors (Lipinski definition) is 0. The van der Waals surface area contributed by atoms with Crippen molar-refractivity contribution < 1.29 is 0 Å². The average molecular weight is 324 g/mol. The van der Waals surface area contributed by atoms with Gasteiger partial charge in [0.2, 0.25) is 0 Å². The zero-order chi connectivity index (χ0) is 15.8. The summed E-state index contributed by atoms with van der Waals surface area (Å²) in [6.07, 6.45) is 1.13. The molecule has 4 rings (SSSR count). The predicted molar refractivity (Wildman–Crippen MR) is 97.3 cm³/mol. The molecule has 0 N–H and O–H groups in total. The molecular formula is C20H24N2S. The van der Waals surface area contributed by atoms with Crippen LogP contribution in [0.5, 0.6) is 0 Å². The molecule has 2 aliphatic rings. The zero-order valence-electron chi connectivity index (χ0n) is 14.0. The molecule has 1 atom stereocenters. The monoisotopic (exact) mass is 324 g/mol. The lowest BCUT2D eigenvalue weighted by atomic mass is 9.95. The van der Waals surface area contributed by atoms with Crippen LogP contribution in [0.4, 0.5) is 0 Å². The molecule has 0 amide bonds. The number of nitrogens with zero attached hydrogens (tertiary/aromatic N) is 2. The highest BCUT2D eigenvalue weighted by Gasteiger charge is 2.29. The summed E-state index contributed by atoms with van der Waals surface area (Å²) in [7, 11) is 2.23. The van der Waals surface area contributed by atoms with Crippen molar-refractivity contribution in [2.24, 2.45) is 0 Å². The van der Waals surface area contributed by atoms with Crippen LogP contribution in [-0.2, 0) is 6.42 Å². The minimum atomic E-state index is 0.509. The van der Waals surface area contributed by atoms with Crippen molar-refractivity contribution in [2.45, 2.75) is 29.2 Å². The van der Waals surface area contributed by atoms with Crippen molar-refractivity contribution in [1.29, 1.82) is 0 Å². The maximum atomic E-state index is 2.70. The van der Waals surface area contributed by atoms with Crippen molar-refractivity contribution in [3.8, 4) is 0 Å². The van der Waals surface area contributed by atoms with E-state index in [0.29, 0.717) is 6.04 Å². The van der Waals surface area contributed by atoms with Crippen molar-refractivity contribution in [3.63, 3.8) is 0 Å². The second-order valence-electron chi connectivity index (χ2n) is 6.81. The maximum Gasteiger partial charge on any atom is 0.0401 e. The smallest absolute Gasteiger partial charge is 0.0401 e. The van der Waals surface area contributed by atoms with Gasteiger partial charge in [0.15, 0.2) is 0 Å². The third-order valence-electron chi connectivity index (χ3n) is 5.11. The molecule has 0 radical (unpaired) electrons. The Hall–Kier alpha value is -1.29. The van der Waals surface area contributed by atoms with Crippen molar-refractivity contribution in [3.05, 3.63) is 59.2 Å². The van der Waals surface area contributed by atoms with E-state index in [4.69, 9.17) is 0 Å². The summed E-state index contributed by atoms with van der Waals surface area (Å²) in [6, 6.07) is 16.4. The summed E-state index contributed by atoms with van der Waals surface area (Å²) in [4.78, 5) is 7.99. The molecule has 2 nitrogen and oxygen atoms in total. The Bertz CT molecular complexity index is 705. The average Bonchev–Trinajstić information content (AvgIpc) is 2.72. The number of rotatable bonds is 1. The number of fused-ring (bicyclic) bond motifs is 2. The van der Waals surface area contributed by atoms with E-state index in [1.165, 1.54) is 52.7 Å². The highest BCUT2D eigenvalue weighted by Crippen LogP contribution is 2.43. The van der Waals surface area contributed by atoms with E-state index in [-0.39, 0.29) is 0 Å². The fraction of sp³-hybridized carbons (Fsp3) is 0.400. The van der Waals surface area contributed by atoms with Crippen LogP contribution in [0.25, 0.3) is 0 Å². The summed E-state index contributed by atoms with van der Waals surface area (Å²) in [5.41, 5.74) is 4.39.